The maximum absolute atomic E-state index is 13.7. The molecule has 0 bridgehead atoms. The Hall–Kier alpha value is -1.23. The van der Waals surface area contributed by atoms with Crippen molar-refractivity contribution in [1.29, 1.82) is 0 Å². The fourth-order valence-electron chi connectivity index (χ4n) is 2.21. The van der Waals surface area contributed by atoms with E-state index in [1.165, 1.54) is 6.07 Å². The van der Waals surface area contributed by atoms with Crippen LogP contribution in [0.15, 0.2) is 22.7 Å². The minimum Gasteiger partial charge on any atom is -0.278 e. The van der Waals surface area contributed by atoms with Gasteiger partial charge in [0.25, 0.3) is 0 Å². The van der Waals surface area contributed by atoms with E-state index in [1.54, 1.807) is 12.1 Å². The average Bonchev–Trinajstić information content (AvgIpc) is 2.24. The molecule has 1 fully saturated rings. The summed E-state index contributed by atoms with van der Waals surface area (Å²) in [4.78, 5) is 25.1. The molecule has 0 aliphatic carbocycles. The molecule has 1 aromatic carbocycles. The van der Waals surface area contributed by atoms with E-state index in [-0.39, 0.29) is 23.8 Å². The second-order valence-corrected chi connectivity index (χ2v) is 6.54. The van der Waals surface area contributed by atoms with E-state index < -0.39 is 5.82 Å². The minimum atomic E-state index is -0.417. The van der Waals surface area contributed by atoms with Gasteiger partial charge in [-0.05, 0) is 17.5 Å². The molecule has 3 nitrogen and oxygen atoms in total. The first kappa shape index (κ1) is 14.2. The Morgan fingerprint density at radius 3 is 2.37 bits per heavy atom. The number of amides is 2. The number of halogens is 2. The monoisotopic (exact) mass is 327 g/mol. The molecule has 1 saturated heterocycles. The highest BCUT2D eigenvalue weighted by Crippen LogP contribution is 2.32. The number of carbonyl (C=O) groups excluding carboxylic acids is 2. The predicted octanol–water partition coefficient (Wildman–Crippen LogP) is 3.26. The molecule has 5 heteroatoms. The van der Waals surface area contributed by atoms with Gasteiger partial charge in [0.2, 0.25) is 11.8 Å². The lowest BCUT2D eigenvalue weighted by molar-refractivity contribution is -0.153. The molecule has 102 valence electrons. The van der Waals surface area contributed by atoms with Crippen molar-refractivity contribution in [3.63, 3.8) is 0 Å². The van der Waals surface area contributed by atoms with Gasteiger partial charge in [-0.1, -0.05) is 35.8 Å². The van der Waals surface area contributed by atoms with Gasteiger partial charge in [-0.25, -0.2) is 4.39 Å². The predicted molar refractivity (Wildman–Crippen MR) is 72.7 cm³/mol. The Balaban J connectivity index is 2.19. The zero-order valence-corrected chi connectivity index (χ0v) is 12.5. The number of hydrogen-bond donors (Lipinski definition) is 0. The molecule has 0 saturated carbocycles. The molecule has 1 heterocycles. The van der Waals surface area contributed by atoms with Gasteiger partial charge in [0.05, 0.1) is 6.54 Å². The van der Waals surface area contributed by atoms with Gasteiger partial charge in [0.15, 0.2) is 0 Å². The van der Waals surface area contributed by atoms with Crippen molar-refractivity contribution in [3.8, 4) is 0 Å². The van der Waals surface area contributed by atoms with Gasteiger partial charge in [-0.2, -0.15) is 0 Å². The molecule has 2 rings (SSSR count). The maximum atomic E-state index is 13.7. The first-order valence-corrected chi connectivity index (χ1v) is 6.85. The summed E-state index contributed by atoms with van der Waals surface area (Å²) in [6.07, 6.45) is 0.633. The van der Waals surface area contributed by atoms with Crippen molar-refractivity contribution in [2.75, 3.05) is 0 Å². The Morgan fingerprint density at radius 2 is 1.84 bits per heavy atom. The highest BCUT2D eigenvalue weighted by Gasteiger charge is 2.37. The Kier molecular flexibility index (Phi) is 3.76. The first-order valence-electron chi connectivity index (χ1n) is 6.06. The molecule has 0 unspecified atom stereocenters. The van der Waals surface area contributed by atoms with Crippen molar-refractivity contribution in [3.05, 3.63) is 34.1 Å². The maximum Gasteiger partial charge on any atom is 0.230 e. The summed E-state index contributed by atoms with van der Waals surface area (Å²) in [7, 11) is 0. The molecule has 2 amide bonds. The second kappa shape index (κ2) is 5.04. The normalized spacial score (nSPS) is 18.8. The number of imide groups is 1. The van der Waals surface area contributed by atoms with Crippen LogP contribution in [0.4, 0.5) is 4.39 Å². The standard InChI is InChI=1S/C14H15BrFNO2/c1-14(2)6-12(18)17(13(19)7-14)8-9-3-4-10(15)5-11(9)16/h3-5H,6-8H2,1-2H3. The fraction of sp³-hybridized carbons (Fsp3) is 0.429. The van der Waals surface area contributed by atoms with Crippen LogP contribution >= 0.6 is 15.9 Å². The third kappa shape index (κ3) is 3.21. The summed E-state index contributed by atoms with van der Waals surface area (Å²) < 4.78 is 14.4. The van der Waals surface area contributed by atoms with Crippen LogP contribution in [0, 0.1) is 11.2 Å². The van der Waals surface area contributed by atoms with Crippen molar-refractivity contribution < 1.29 is 14.0 Å². The topological polar surface area (TPSA) is 37.4 Å². The Bertz CT molecular complexity index is 522. The molecule has 0 N–H and O–H groups in total. The van der Waals surface area contributed by atoms with Crippen LogP contribution in [0.1, 0.15) is 32.3 Å². The highest BCUT2D eigenvalue weighted by molar-refractivity contribution is 9.10. The summed E-state index contributed by atoms with van der Waals surface area (Å²) >= 11 is 3.17. The van der Waals surface area contributed by atoms with E-state index in [9.17, 15) is 14.0 Å². The van der Waals surface area contributed by atoms with E-state index >= 15 is 0 Å². The lowest BCUT2D eigenvalue weighted by atomic mass is 9.81. The van der Waals surface area contributed by atoms with E-state index in [0.717, 1.165) is 4.90 Å². The molecular weight excluding hydrogens is 313 g/mol. The molecule has 0 spiro atoms. The molecule has 1 aliphatic heterocycles. The molecular formula is C14H15BrFNO2. The van der Waals surface area contributed by atoms with Crippen LogP contribution in [0.5, 0.6) is 0 Å². The Labute approximate surface area is 119 Å². The van der Waals surface area contributed by atoms with Crippen molar-refractivity contribution >= 4 is 27.7 Å². The number of hydrogen-bond acceptors (Lipinski definition) is 2. The summed E-state index contributed by atoms with van der Waals surface area (Å²) in [5.74, 6) is -0.882. The molecule has 1 aliphatic rings. The van der Waals surface area contributed by atoms with Crippen LogP contribution in [-0.4, -0.2) is 16.7 Å². The van der Waals surface area contributed by atoms with Crippen LogP contribution in [-0.2, 0) is 16.1 Å². The van der Waals surface area contributed by atoms with Crippen LogP contribution in [0.2, 0.25) is 0 Å². The number of likely N-dealkylation sites (tertiary alicyclic amines) is 1. The molecule has 19 heavy (non-hydrogen) atoms. The van der Waals surface area contributed by atoms with E-state index in [0.29, 0.717) is 22.9 Å². The van der Waals surface area contributed by atoms with Gasteiger partial charge in [0, 0.05) is 22.9 Å². The smallest absolute Gasteiger partial charge is 0.230 e. The molecule has 1 aromatic rings. The van der Waals surface area contributed by atoms with Crippen molar-refractivity contribution in [1.82, 2.24) is 4.90 Å². The zero-order valence-electron chi connectivity index (χ0n) is 10.9. The third-order valence-electron chi connectivity index (χ3n) is 3.21. The number of piperidine rings is 1. The van der Waals surface area contributed by atoms with E-state index in [1.807, 2.05) is 13.8 Å². The van der Waals surface area contributed by atoms with Gasteiger partial charge >= 0.3 is 0 Å². The van der Waals surface area contributed by atoms with Crippen LogP contribution < -0.4 is 0 Å². The SMILES string of the molecule is CC1(C)CC(=O)N(Cc2ccc(Br)cc2F)C(=O)C1. The molecule has 0 atom stereocenters. The van der Waals surface area contributed by atoms with Gasteiger partial charge in [-0.3, -0.25) is 14.5 Å². The largest absolute Gasteiger partial charge is 0.278 e. The highest BCUT2D eigenvalue weighted by atomic mass is 79.9. The van der Waals surface area contributed by atoms with Crippen molar-refractivity contribution in [2.24, 2.45) is 5.41 Å². The van der Waals surface area contributed by atoms with E-state index in [4.69, 9.17) is 0 Å². The first-order chi connectivity index (χ1) is 8.78. The summed E-state index contributed by atoms with van der Waals surface area (Å²) in [6.45, 7) is 3.79. The number of rotatable bonds is 2. The third-order valence-corrected chi connectivity index (χ3v) is 3.70. The zero-order chi connectivity index (χ0) is 14.2. The molecule has 0 radical (unpaired) electrons. The van der Waals surface area contributed by atoms with Crippen LogP contribution in [0.25, 0.3) is 0 Å². The lowest BCUT2D eigenvalue weighted by Gasteiger charge is -2.34. The molecule has 0 aromatic heterocycles. The van der Waals surface area contributed by atoms with Crippen LogP contribution in [0.3, 0.4) is 0 Å². The van der Waals surface area contributed by atoms with E-state index in [2.05, 4.69) is 15.9 Å². The van der Waals surface area contributed by atoms with Crippen molar-refractivity contribution in [2.45, 2.75) is 33.2 Å². The Morgan fingerprint density at radius 1 is 1.26 bits per heavy atom. The second-order valence-electron chi connectivity index (χ2n) is 5.63. The fourth-order valence-corrected chi connectivity index (χ4v) is 2.54. The quantitative estimate of drug-likeness (QED) is 0.782. The van der Waals surface area contributed by atoms with Gasteiger partial charge < -0.3 is 0 Å². The summed E-state index contributed by atoms with van der Waals surface area (Å²) in [5, 5.41) is 0. The number of benzene rings is 1. The van der Waals surface area contributed by atoms with Gasteiger partial charge in [-0.15, -0.1) is 0 Å². The number of nitrogens with zero attached hydrogens (tertiary/aromatic N) is 1. The lowest BCUT2D eigenvalue weighted by Crippen LogP contribution is -2.45. The summed E-state index contributed by atoms with van der Waals surface area (Å²) in [6, 6.07) is 4.61. The minimum absolute atomic E-state index is 0.00681. The van der Waals surface area contributed by atoms with Gasteiger partial charge in [0.1, 0.15) is 5.82 Å². The average molecular weight is 328 g/mol. The number of carbonyl (C=O) groups is 2. The summed E-state index contributed by atoms with van der Waals surface area (Å²) in [5.41, 5.74) is 0.0488.